The fourth-order valence-electron chi connectivity index (χ4n) is 1.54. The molecule has 1 aromatic rings. The summed E-state index contributed by atoms with van der Waals surface area (Å²) >= 11 is 0. The number of carboxylic acids is 2. The van der Waals surface area contributed by atoms with Crippen LogP contribution in [0.15, 0.2) is 6.20 Å². The predicted molar refractivity (Wildman–Crippen MR) is 59.0 cm³/mol. The molecule has 0 fully saturated rings. The number of aromatic hydroxyl groups is 1. The molecule has 4 N–H and O–H groups in total. The molecule has 0 saturated carbocycles. The molecule has 0 amide bonds. The number of aliphatic carboxylic acids is 2. The molecule has 1 rings (SSSR count). The molecule has 0 aromatic carbocycles. The predicted octanol–water partition coefficient (Wildman–Crippen LogP) is -0.0842. The van der Waals surface area contributed by atoms with Crippen LogP contribution >= 0.6 is 0 Å². The quantitative estimate of drug-likeness (QED) is 0.541. The standard InChI is InChI=1S/C11H13NO6/c1-5-9(14)8(4-13)6(3-12-5)2-7(10(15)16)11(17)18/h3,7,13-14H,2,4H2,1H3,(H,15,16)(H,17,18). The summed E-state index contributed by atoms with van der Waals surface area (Å²) in [6, 6.07) is 0. The van der Waals surface area contributed by atoms with Crippen LogP contribution in [0.1, 0.15) is 16.8 Å². The Hall–Kier alpha value is -2.15. The van der Waals surface area contributed by atoms with Gasteiger partial charge in [-0.3, -0.25) is 14.6 Å². The molecule has 0 bridgehead atoms. The summed E-state index contributed by atoms with van der Waals surface area (Å²) in [6.45, 7) is 1.00. The van der Waals surface area contributed by atoms with E-state index in [1.807, 2.05) is 0 Å². The van der Waals surface area contributed by atoms with E-state index in [9.17, 15) is 14.7 Å². The number of aromatic nitrogens is 1. The van der Waals surface area contributed by atoms with Crippen molar-refractivity contribution in [3.05, 3.63) is 23.0 Å². The molecular weight excluding hydrogens is 242 g/mol. The molecule has 7 heteroatoms. The van der Waals surface area contributed by atoms with Gasteiger partial charge in [-0.25, -0.2) is 0 Å². The lowest BCUT2D eigenvalue weighted by Crippen LogP contribution is -2.26. The summed E-state index contributed by atoms with van der Waals surface area (Å²) in [4.78, 5) is 25.4. The zero-order valence-electron chi connectivity index (χ0n) is 9.62. The van der Waals surface area contributed by atoms with E-state index in [-0.39, 0.29) is 29.0 Å². The van der Waals surface area contributed by atoms with E-state index < -0.39 is 24.5 Å². The molecule has 18 heavy (non-hydrogen) atoms. The van der Waals surface area contributed by atoms with Gasteiger partial charge < -0.3 is 20.4 Å². The number of carbonyl (C=O) groups is 2. The molecule has 0 atom stereocenters. The maximum atomic E-state index is 10.8. The van der Waals surface area contributed by atoms with Crippen molar-refractivity contribution in [3.63, 3.8) is 0 Å². The van der Waals surface area contributed by atoms with Crippen LogP contribution in [0.2, 0.25) is 0 Å². The maximum absolute atomic E-state index is 10.8. The van der Waals surface area contributed by atoms with Gasteiger partial charge in [0.2, 0.25) is 0 Å². The first-order valence-electron chi connectivity index (χ1n) is 5.11. The Labute approximate surface area is 102 Å². The highest BCUT2D eigenvalue weighted by atomic mass is 16.4. The first kappa shape index (κ1) is 13.9. The van der Waals surface area contributed by atoms with Crippen LogP contribution in [0, 0.1) is 12.8 Å². The number of hydrogen-bond acceptors (Lipinski definition) is 5. The van der Waals surface area contributed by atoms with Crippen molar-refractivity contribution < 1.29 is 30.0 Å². The Morgan fingerprint density at radius 1 is 1.33 bits per heavy atom. The lowest BCUT2D eigenvalue weighted by molar-refractivity contribution is -0.154. The van der Waals surface area contributed by atoms with E-state index in [1.54, 1.807) is 0 Å². The van der Waals surface area contributed by atoms with Gasteiger partial charge in [0.1, 0.15) is 5.75 Å². The van der Waals surface area contributed by atoms with Crippen molar-refractivity contribution in [2.75, 3.05) is 0 Å². The monoisotopic (exact) mass is 255 g/mol. The van der Waals surface area contributed by atoms with Crippen LogP contribution in [0.4, 0.5) is 0 Å². The van der Waals surface area contributed by atoms with E-state index >= 15 is 0 Å². The lowest BCUT2D eigenvalue weighted by Gasteiger charge is -2.13. The number of pyridine rings is 1. The van der Waals surface area contributed by atoms with E-state index in [2.05, 4.69) is 4.98 Å². The average molecular weight is 255 g/mol. The highest BCUT2D eigenvalue weighted by molar-refractivity contribution is 5.93. The number of hydrogen-bond donors (Lipinski definition) is 4. The number of aliphatic hydroxyl groups is 1. The SMILES string of the molecule is Cc1ncc(CC(C(=O)O)C(=O)O)c(CO)c1O. The van der Waals surface area contributed by atoms with Gasteiger partial charge in [-0.1, -0.05) is 0 Å². The smallest absolute Gasteiger partial charge is 0.318 e. The third kappa shape index (κ3) is 2.75. The first-order chi connectivity index (χ1) is 8.38. The Morgan fingerprint density at radius 3 is 2.33 bits per heavy atom. The molecule has 0 unspecified atom stereocenters. The zero-order chi connectivity index (χ0) is 13.9. The fraction of sp³-hybridized carbons (Fsp3) is 0.364. The molecular formula is C11H13NO6. The molecule has 1 heterocycles. The Kier molecular flexibility index (Phi) is 4.22. The first-order valence-corrected chi connectivity index (χ1v) is 5.11. The van der Waals surface area contributed by atoms with Crippen LogP contribution in [-0.2, 0) is 22.6 Å². The number of aryl methyl sites for hydroxylation is 1. The summed E-state index contributed by atoms with van der Waals surface area (Å²) in [5, 5.41) is 36.3. The average Bonchev–Trinajstić information content (AvgIpc) is 2.29. The van der Waals surface area contributed by atoms with E-state index in [4.69, 9.17) is 15.3 Å². The number of rotatable bonds is 5. The molecule has 98 valence electrons. The summed E-state index contributed by atoms with van der Waals surface area (Å²) in [6.07, 6.45) is 0.918. The number of carboxylic acid groups (broad SMARTS) is 2. The number of aliphatic hydroxyl groups excluding tert-OH is 1. The highest BCUT2D eigenvalue weighted by Crippen LogP contribution is 2.25. The van der Waals surface area contributed by atoms with Crippen molar-refractivity contribution in [3.8, 4) is 5.75 Å². The second-order valence-corrected chi connectivity index (χ2v) is 3.79. The van der Waals surface area contributed by atoms with Crippen LogP contribution in [0.25, 0.3) is 0 Å². The topological polar surface area (TPSA) is 128 Å². The molecule has 7 nitrogen and oxygen atoms in total. The van der Waals surface area contributed by atoms with Gasteiger partial charge in [0.05, 0.1) is 12.3 Å². The Morgan fingerprint density at radius 2 is 1.89 bits per heavy atom. The second-order valence-electron chi connectivity index (χ2n) is 3.79. The Bertz CT molecular complexity index is 471. The lowest BCUT2D eigenvalue weighted by atomic mass is 9.96. The van der Waals surface area contributed by atoms with Crippen LogP contribution in [0.5, 0.6) is 5.75 Å². The summed E-state index contributed by atoms with van der Waals surface area (Å²) in [5.74, 6) is -4.85. The summed E-state index contributed by atoms with van der Waals surface area (Å²) in [7, 11) is 0. The second kappa shape index (κ2) is 5.46. The summed E-state index contributed by atoms with van der Waals surface area (Å²) < 4.78 is 0. The van der Waals surface area contributed by atoms with Gasteiger partial charge in [-0.15, -0.1) is 0 Å². The molecule has 0 aliphatic carbocycles. The van der Waals surface area contributed by atoms with Crippen molar-refractivity contribution in [2.45, 2.75) is 20.0 Å². The van der Waals surface area contributed by atoms with E-state index in [1.165, 1.54) is 13.1 Å². The molecule has 1 aromatic heterocycles. The van der Waals surface area contributed by atoms with E-state index in [0.717, 1.165) is 0 Å². The minimum atomic E-state index is -1.64. The van der Waals surface area contributed by atoms with Gasteiger partial charge in [-0.05, 0) is 18.9 Å². The van der Waals surface area contributed by atoms with Gasteiger partial charge in [0.15, 0.2) is 5.92 Å². The van der Waals surface area contributed by atoms with Gasteiger partial charge in [-0.2, -0.15) is 0 Å². The van der Waals surface area contributed by atoms with Crippen molar-refractivity contribution in [1.82, 2.24) is 4.98 Å². The van der Waals surface area contributed by atoms with E-state index in [0.29, 0.717) is 0 Å². The minimum absolute atomic E-state index is 0.106. The molecule has 0 aliphatic rings. The fourth-order valence-corrected chi connectivity index (χ4v) is 1.54. The van der Waals surface area contributed by atoms with Crippen LogP contribution in [-0.4, -0.2) is 37.3 Å². The van der Waals surface area contributed by atoms with Gasteiger partial charge in [0, 0.05) is 11.8 Å². The Balaban J connectivity index is 3.14. The molecule has 0 spiro atoms. The zero-order valence-corrected chi connectivity index (χ0v) is 9.62. The van der Waals surface area contributed by atoms with Crippen LogP contribution in [0.3, 0.4) is 0 Å². The van der Waals surface area contributed by atoms with Crippen LogP contribution < -0.4 is 0 Å². The van der Waals surface area contributed by atoms with Gasteiger partial charge in [0.25, 0.3) is 0 Å². The largest absolute Gasteiger partial charge is 0.506 e. The van der Waals surface area contributed by atoms with Crippen molar-refractivity contribution in [1.29, 1.82) is 0 Å². The third-order valence-corrected chi connectivity index (χ3v) is 2.61. The highest BCUT2D eigenvalue weighted by Gasteiger charge is 2.27. The third-order valence-electron chi connectivity index (χ3n) is 2.61. The molecule has 0 aliphatic heterocycles. The van der Waals surface area contributed by atoms with Crippen molar-refractivity contribution in [2.24, 2.45) is 5.92 Å². The summed E-state index contributed by atoms with van der Waals surface area (Å²) in [5.41, 5.74) is 0.593. The normalized spacial score (nSPS) is 10.6. The maximum Gasteiger partial charge on any atom is 0.318 e. The minimum Gasteiger partial charge on any atom is -0.506 e. The van der Waals surface area contributed by atoms with Gasteiger partial charge >= 0.3 is 11.9 Å². The number of nitrogens with zero attached hydrogens (tertiary/aromatic N) is 1. The van der Waals surface area contributed by atoms with Crippen molar-refractivity contribution >= 4 is 11.9 Å². The molecule has 0 saturated heterocycles. The molecule has 0 radical (unpaired) electrons.